The second-order valence-electron chi connectivity index (χ2n) is 2.95. The van der Waals surface area contributed by atoms with Crippen molar-refractivity contribution >= 4 is 26.8 Å². The molecule has 0 atom stereocenters. The third kappa shape index (κ3) is 1.53. The van der Waals surface area contributed by atoms with Gasteiger partial charge in [0.15, 0.2) is 0 Å². The quantitative estimate of drug-likeness (QED) is 0.796. The molecule has 1 aromatic carbocycles. The Bertz CT molecular complexity index is 642. The molecule has 3 nitrogen and oxygen atoms in total. The SMILES string of the molecule is N#Cc1c[nH]c2c(Br)cc(F)cc2c1=O. The highest BCUT2D eigenvalue weighted by Gasteiger charge is 2.08. The van der Waals surface area contributed by atoms with Crippen LogP contribution in [0.5, 0.6) is 0 Å². The van der Waals surface area contributed by atoms with Crippen LogP contribution in [-0.4, -0.2) is 4.98 Å². The van der Waals surface area contributed by atoms with Gasteiger partial charge in [-0.05, 0) is 28.1 Å². The molecular weight excluding hydrogens is 263 g/mol. The van der Waals surface area contributed by atoms with E-state index in [-0.39, 0.29) is 10.9 Å². The molecule has 1 aromatic heterocycles. The maximum atomic E-state index is 13.0. The minimum Gasteiger partial charge on any atom is -0.359 e. The Kier molecular flexibility index (Phi) is 2.29. The van der Waals surface area contributed by atoms with Crippen molar-refractivity contribution in [3.8, 4) is 6.07 Å². The van der Waals surface area contributed by atoms with Gasteiger partial charge in [-0.15, -0.1) is 0 Å². The molecule has 0 aliphatic carbocycles. The van der Waals surface area contributed by atoms with Gasteiger partial charge in [-0.25, -0.2) is 4.39 Å². The molecule has 0 amide bonds. The Hall–Kier alpha value is -1.67. The minimum absolute atomic E-state index is 0.0278. The summed E-state index contributed by atoms with van der Waals surface area (Å²) in [6.45, 7) is 0. The maximum absolute atomic E-state index is 13.0. The zero-order chi connectivity index (χ0) is 11.0. The standard InChI is InChI=1S/C10H4BrFN2O/c11-8-2-6(12)1-7-9(8)14-4-5(3-13)10(7)15/h1-2,4H,(H,14,15). The lowest BCUT2D eigenvalue weighted by Gasteiger charge is -2.00. The van der Waals surface area contributed by atoms with E-state index in [4.69, 9.17) is 5.26 Å². The van der Waals surface area contributed by atoms with E-state index < -0.39 is 11.2 Å². The highest BCUT2D eigenvalue weighted by Crippen LogP contribution is 2.21. The highest BCUT2D eigenvalue weighted by atomic mass is 79.9. The highest BCUT2D eigenvalue weighted by molar-refractivity contribution is 9.10. The van der Waals surface area contributed by atoms with Crippen molar-refractivity contribution < 1.29 is 4.39 Å². The van der Waals surface area contributed by atoms with Gasteiger partial charge in [-0.2, -0.15) is 5.26 Å². The summed E-state index contributed by atoms with van der Waals surface area (Å²) in [6, 6.07) is 4.11. The van der Waals surface area contributed by atoms with Gasteiger partial charge >= 0.3 is 0 Å². The van der Waals surface area contributed by atoms with Crippen molar-refractivity contribution in [1.82, 2.24) is 4.98 Å². The van der Waals surface area contributed by atoms with Crippen molar-refractivity contribution in [3.05, 3.63) is 44.4 Å². The first-order valence-corrected chi connectivity index (χ1v) is 4.83. The number of rotatable bonds is 0. The lowest BCUT2D eigenvalue weighted by atomic mass is 10.1. The predicted octanol–water partition coefficient (Wildman–Crippen LogP) is 2.30. The zero-order valence-corrected chi connectivity index (χ0v) is 8.93. The van der Waals surface area contributed by atoms with Crippen molar-refractivity contribution in [2.45, 2.75) is 0 Å². The van der Waals surface area contributed by atoms with Crippen LogP contribution in [0.4, 0.5) is 4.39 Å². The van der Waals surface area contributed by atoms with Crippen LogP contribution in [0, 0.1) is 17.1 Å². The summed E-state index contributed by atoms with van der Waals surface area (Å²) in [5.41, 5.74) is -0.00755. The first kappa shape index (κ1) is 9.87. The van der Waals surface area contributed by atoms with Crippen LogP contribution in [-0.2, 0) is 0 Å². The second kappa shape index (κ2) is 3.48. The Labute approximate surface area is 92.3 Å². The molecule has 0 aliphatic rings. The van der Waals surface area contributed by atoms with Gasteiger partial charge in [0.25, 0.3) is 0 Å². The Morgan fingerprint density at radius 2 is 2.20 bits per heavy atom. The molecule has 2 rings (SSSR count). The molecule has 0 bridgehead atoms. The zero-order valence-electron chi connectivity index (χ0n) is 7.34. The molecular formula is C10H4BrFN2O. The van der Waals surface area contributed by atoms with Gasteiger partial charge in [0.05, 0.1) is 10.9 Å². The fraction of sp³-hybridized carbons (Fsp3) is 0. The maximum Gasteiger partial charge on any atom is 0.207 e. The number of nitriles is 1. The van der Waals surface area contributed by atoms with E-state index in [1.807, 2.05) is 0 Å². The van der Waals surface area contributed by atoms with Gasteiger partial charge in [-0.3, -0.25) is 4.79 Å². The van der Waals surface area contributed by atoms with Crippen LogP contribution in [0.15, 0.2) is 27.6 Å². The van der Waals surface area contributed by atoms with Crippen molar-refractivity contribution in [2.75, 3.05) is 0 Å². The smallest absolute Gasteiger partial charge is 0.207 e. The molecule has 74 valence electrons. The number of pyridine rings is 1. The molecule has 0 saturated carbocycles. The first-order valence-electron chi connectivity index (χ1n) is 4.04. The lowest BCUT2D eigenvalue weighted by Crippen LogP contribution is -2.07. The first-order chi connectivity index (χ1) is 7.13. The molecule has 15 heavy (non-hydrogen) atoms. The van der Waals surface area contributed by atoms with E-state index in [0.29, 0.717) is 9.99 Å². The number of aromatic nitrogens is 1. The summed E-state index contributed by atoms with van der Waals surface area (Å²) in [6.07, 6.45) is 1.31. The van der Waals surface area contributed by atoms with Gasteiger partial charge in [0.1, 0.15) is 17.4 Å². The van der Waals surface area contributed by atoms with Crippen molar-refractivity contribution in [2.24, 2.45) is 0 Å². The van der Waals surface area contributed by atoms with Crippen LogP contribution in [0.1, 0.15) is 5.56 Å². The van der Waals surface area contributed by atoms with E-state index in [9.17, 15) is 9.18 Å². The van der Waals surface area contributed by atoms with Crippen LogP contribution in [0.25, 0.3) is 10.9 Å². The van der Waals surface area contributed by atoms with Crippen molar-refractivity contribution in [3.63, 3.8) is 0 Å². The molecule has 0 fully saturated rings. The number of nitrogens with one attached hydrogen (secondary N) is 1. The molecule has 0 unspecified atom stereocenters. The van der Waals surface area contributed by atoms with E-state index in [2.05, 4.69) is 20.9 Å². The molecule has 5 heteroatoms. The van der Waals surface area contributed by atoms with Crippen LogP contribution in [0.3, 0.4) is 0 Å². The Morgan fingerprint density at radius 1 is 1.47 bits per heavy atom. The average Bonchev–Trinajstić information content (AvgIpc) is 2.19. The third-order valence-corrected chi connectivity index (χ3v) is 2.65. The molecule has 0 spiro atoms. The monoisotopic (exact) mass is 266 g/mol. The Balaban J connectivity index is 3.01. The molecule has 2 aromatic rings. The number of benzene rings is 1. The average molecular weight is 267 g/mol. The summed E-state index contributed by atoms with van der Waals surface area (Å²) in [4.78, 5) is 14.4. The number of aromatic amines is 1. The largest absolute Gasteiger partial charge is 0.359 e. The van der Waals surface area contributed by atoms with Gasteiger partial charge in [0, 0.05) is 10.7 Å². The second-order valence-corrected chi connectivity index (χ2v) is 3.81. The summed E-state index contributed by atoms with van der Waals surface area (Å²) in [7, 11) is 0. The fourth-order valence-corrected chi connectivity index (χ4v) is 1.88. The number of nitrogens with zero attached hydrogens (tertiary/aromatic N) is 1. The minimum atomic E-state index is -0.519. The van der Waals surface area contributed by atoms with Gasteiger partial charge < -0.3 is 4.98 Å². The van der Waals surface area contributed by atoms with Crippen LogP contribution in [0.2, 0.25) is 0 Å². The molecule has 1 N–H and O–H groups in total. The molecule has 1 heterocycles. The summed E-state index contributed by atoms with van der Waals surface area (Å²) >= 11 is 3.14. The van der Waals surface area contributed by atoms with Crippen LogP contribution >= 0.6 is 15.9 Å². The number of hydrogen-bond donors (Lipinski definition) is 1. The third-order valence-electron chi connectivity index (χ3n) is 2.03. The number of fused-ring (bicyclic) bond motifs is 1. The Morgan fingerprint density at radius 3 is 2.87 bits per heavy atom. The number of H-pyrrole nitrogens is 1. The van der Waals surface area contributed by atoms with E-state index in [1.165, 1.54) is 12.3 Å². The van der Waals surface area contributed by atoms with E-state index >= 15 is 0 Å². The van der Waals surface area contributed by atoms with Gasteiger partial charge in [-0.1, -0.05) is 0 Å². The van der Waals surface area contributed by atoms with Crippen LogP contribution < -0.4 is 5.43 Å². The van der Waals surface area contributed by atoms with E-state index in [0.717, 1.165) is 6.07 Å². The van der Waals surface area contributed by atoms with E-state index in [1.54, 1.807) is 6.07 Å². The normalized spacial score (nSPS) is 10.2. The van der Waals surface area contributed by atoms with Crippen molar-refractivity contribution in [1.29, 1.82) is 5.26 Å². The fourth-order valence-electron chi connectivity index (χ4n) is 1.34. The molecule has 0 aliphatic heterocycles. The summed E-state index contributed by atoms with van der Waals surface area (Å²) in [5.74, 6) is -0.519. The predicted molar refractivity (Wildman–Crippen MR) is 56.9 cm³/mol. The lowest BCUT2D eigenvalue weighted by molar-refractivity contribution is 0.628. The summed E-state index contributed by atoms with van der Waals surface area (Å²) < 4.78 is 13.5. The summed E-state index contributed by atoms with van der Waals surface area (Å²) in [5, 5.41) is 8.81. The molecule has 0 saturated heterocycles. The molecule has 0 radical (unpaired) electrons. The number of halogens is 2. The topological polar surface area (TPSA) is 56.6 Å². The van der Waals surface area contributed by atoms with Gasteiger partial charge in [0.2, 0.25) is 5.43 Å². The number of hydrogen-bond acceptors (Lipinski definition) is 2.